The number of hydrogen-bond donors (Lipinski definition) is 0. The van der Waals surface area contributed by atoms with Crippen LogP contribution in [0.15, 0.2) is 60.7 Å². The standard InChI is InChI=1S/C30H36N2O6/c1-34-25-12-9-21(10-13-25)30(33)32(24-7-6-8-26(19-24)35-2)23-15-17-31(18-16-23)20-22-11-14-27(36-3)29(38-5)28(22)37-4/h6-14,19,23H,15-18,20H2,1-5H3. The third-order valence-corrected chi connectivity index (χ3v) is 6.99. The zero-order valence-corrected chi connectivity index (χ0v) is 22.7. The van der Waals surface area contributed by atoms with E-state index in [4.69, 9.17) is 23.7 Å². The number of ether oxygens (including phenoxy) is 5. The molecule has 0 N–H and O–H groups in total. The molecule has 8 heteroatoms. The summed E-state index contributed by atoms with van der Waals surface area (Å²) in [6.07, 6.45) is 1.66. The largest absolute Gasteiger partial charge is 0.497 e. The molecule has 0 saturated carbocycles. The number of methoxy groups -OCH3 is 5. The molecule has 0 spiro atoms. The molecule has 1 heterocycles. The molecule has 1 aliphatic heterocycles. The maximum atomic E-state index is 13.8. The number of nitrogens with zero attached hydrogens (tertiary/aromatic N) is 2. The van der Waals surface area contributed by atoms with Gasteiger partial charge < -0.3 is 28.6 Å². The van der Waals surface area contributed by atoms with Gasteiger partial charge in [0.05, 0.1) is 35.5 Å². The highest BCUT2D eigenvalue weighted by Gasteiger charge is 2.31. The Balaban J connectivity index is 1.54. The van der Waals surface area contributed by atoms with E-state index < -0.39 is 0 Å². The molecular weight excluding hydrogens is 484 g/mol. The molecule has 1 saturated heterocycles. The van der Waals surface area contributed by atoms with Crippen LogP contribution in [-0.4, -0.2) is 65.5 Å². The SMILES string of the molecule is COc1ccc(C(=O)N(c2cccc(OC)c2)C2CCN(Cc3ccc(OC)c(OC)c3OC)CC2)cc1. The second-order valence-corrected chi connectivity index (χ2v) is 9.11. The molecule has 0 atom stereocenters. The number of likely N-dealkylation sites (tertiary alicyclic amines) is 1. The number of piperidine rings is 1. The molecule has 1 aliphatic rings. The summed E-state index contributed by atoms with van der Waals surface area (Å²) in [5, 5.41) is 0. The van der Waals surface area contributed by atoms with Crippen LogP contribution >= 0.6 is 0 Å². The van der Waals surface area contributed by atoms with Gasteiger partial charge >= 0.3 is 0 Å². The van der Waals surface area contributed by atoms with Crippen molar-refractivity contribution in [2.75, 3.05) is 53.5 Å². The molecule has 0 unspecified atom stereocenters. The lowest BCUT2D eigenvalue weighted by atomic mass is 9.99. The number of carbonyl (C=O) groups excluding carboxylic acids is 1. The van der Waals surface area contributed by atoms with Gasteiger partial charge in [-0.05, 0) is 55.3 Å². The topological polar surface area (TPSA) is 69.7 Å². The molecule has 4 rings (SSSR count). The fourth-order valence-corrected chi connectivity index (χ4v) is 4.99. The molecule has 0 aliphatic carbocycles. The van der Waals surface area contributed by atoms with Crippen molar-refractivity contribution < 1.29 is 28.5 Å². The summed E-state index contributed by atoms with van der Waals surface area (Å²) < 4.78 is 27.4. The quantitative estimate of drug-likeness (QED) is 0.371. The Kier molecular flexibility index (Phi) is 8.97. The predicted molar refractivity (Wildman–Crippen MR) is 147 cm³/mol. The summed E-state index contributed by atoms with van der Waals surface area (Å²) in [7, 11) is 8.12. The fourth-order valence-electron chi connectivity index (χ4n) is 4.99. The Morgan fingerprint density at radius 3 is 2.08 bits per heavy atom. The van der Waals surface area contributed by atoms with Crippen LogP contribution in [0.3, 0.4) is 0 Å². The minimum atomic E-state index is -0.0408. The van der Waals surface area contributed by atoms with Gasteiger partial charge in [0, 0.05) is 48.6 Å². The van der Waals surface area contributed by atoms with Crippen molar-refractivity contribution in [3.63, 3.8) is 0 Å². The summed E-state index contributed by atoms with van der Waals surface area (Å²) in [4.78, 5) is 18.1. The first kappa shape index (κ1) is 27.1. The van der Waals surface area contributed by atoms with Crippen molar-refractivity contribution in [1.29, 1.82) is 0 Å². The van der Waals surface area contributed by atoms with Gasteiger partial charge in [-0.3, -0.25) is 9.69 Å². The van der Waals surface area contributed by atoms with Crippen LogP contribution in [0.5, 0.6) is 28.7 Å². The molecule has 0 aromatic heterocycles. The van der Waals surface area contributed by atoms with Crippen molar-refractivity contribution in [2.45, 2.75) is 25.4 Å². The molecule has 0 bridgehead atoms. The van der Waals surface area contributed by atoms with E-state index in [-0.39, 0.29) is 11.9 Å². The van der Waals surface area contributed by atoms with Crippen molar-refractivity contribution in [1.82, 2.24) is 4.90 Å². The second kappa shape index (κ2) is 12.6. The van der Waals surface area contributed by atoms with Crippen LogP contribution < -0.4 is 28.6 Å². The molecule has 3 aromatic rings. The van der Waals surface area contributed by atoms with Crippen molar-refractivity contribution >= 4 is 11.6 Å². The number of benzene rings is 3. The van der Waals surface area contributed by atoms with E-state index in [9.17, 15) is 4.79 Å². The second-order valence-electron chi connectivity index (χ2n) is 9.11. The molecule has 0 radical (unpaired) electrons. The van der Waals surface area contributed by atoms with Crippen LogP contribution in [0.2, 0.25) is 0 Å². The number of carbonyl (C=O) groups is 1. The van der Waals surface area contributed by atoms with Gasteiger partial charge in [0.1, 0.15) is 11.5 Å². The average molecular weight is 521 g/mol. The van der Waals surface area contributed by atoms with E-state index in [0.29, 0.717) is 40.9 Å². The number of anilines is 1. The van der Waals surface area contributed by atoms with Crippen LogP contribution in [0.1, 0.15) is 28.8 Å². The molecule has 1 fully saturated rings. The van der Waals surface area contributed by atoms with E-state index in [1.165, 1.54) is 0 Å². The van der Waals surface area contributed by atoms with Crippen LogP contribution in [0.4, 0.5) is 5.69 Å². The van der Waals surface area contributed by atoms with E-state index >= 15 is 0 Å². The van der Waals surface area contributed by atoms with Gasteiger partial charge in [0.15, 0.2) is 11.5 Å². The van der Waals surface area contributed by atoms with E-state index in [2.05, 4.69) is 4.90 Å². The van der Waals surface area contributed by atoms with Gasteiger partial charge in [-0.1, -0.05) is 12.1 Å². The lowest BCUT2D eigenvalue weighted by Gasteiger charge is -2.39. The zero-order valence-electron chi connectivity index (χ0n) is 22.7. The summed E-state index contributed by atoms with van der Waals surface area (Å²) in [5.41, 5.74) is 2.47. The van der Waals surface area contributed by atoms with Crippen molar-refractivity contribution in [3.8, 4) is 28.7 Å². The van der Waals surface area contributed by atoms with E-state index in [1.807, 2.05) is 65.6 Å². The van der Waals surface area contributed by atoms with Gasteiger partial charge in [-0.15, -0.1) is 0 Å². The number of hydrogen-bond acceptors (Lipinski definition) is 7. The lowest BCUT2D eigenvalue weighted by molar-refractivity contribution is 0.0958. The van der Waals surface area contributed by atoms with E-state index in [0.717, 1.165) is 37.2 Å². The van der Waals surface area contributed by atoms with Crippen LogP contribution in [0.25, 0.3) is 0 Å². The number of amides is 1. The highest BCUT2D eigenvalue weighted by Crippen LogP contribution is 2.40. The average Bonchev–Trinajstić information content (AvgIpc) is 2.97. The zero-order chi connectivity index (χ0) is 27.1. The first-order chi connectivity index (χ1) is 18.5. The van der Waals surface area contributed by atoms with Gasteiger partial charge in [-0.25, -0.2) is 0 Å². The normalized spacial score (nSPS) is 14.0. The maximum Gasteiger partial charge on any atom is 0.258 e. The Hall–Kier alpha value is -3.91. The molecule has 3 aromatic carbocycles. The van der Waals surface area contributed by atoms with Crippen molar-refractivity contribution in [2.24, 2.45) is 0 Å². The Bertz CT molecular complexity index is 1220. The van der Waals surface area contributed by atoms with Gasteiger partial charge in [0.2, 0.25) is 5.75 Å². The van der Waals surface area contributed by atoms with Crippen LogP contribution in [0, 0.1) is 0 Å². The maximum absolute atomic E-state index is 13.8. The number of rotatable bonds is 10. The molecular formula is C30H36N2O6. The Morgan fingerprint density at radius 2 is 1.47 bits per heavy atom. The smallest absolute Gasteiger partial charge is 0.258 e. The minimum Gasteiger partial charge on any atom is -0.497 e. The minimum absolute atomic E-state index is 0.0408. The Labute approximate surface area is 224 Å². The van der Waals surface area contributed by atoms with Crippen molar-refractivity contribution in [3.05, 3.63) is 71.8 Å². The summed E-state index contributed by atoms with van der Waals surface area (Å²) in [5.74, 6) is 3.30. The van der Waals surface area contributed by atoms with Gasteiger partial charge in [-0.2, -0.15) is 0 Å². The summed E-state index contributed by atoms with van der Waals surface area (Å²) in [6.45, 7) is 2.37. The Morgan fingerprint density at radius 1 is 0.789 bits per heavy atom. The van der Waals surface area contributed by atoms with Gasteiger partial charge in [0.25, 0.3) is 5.91 Å². The first-order valence-electron chi connectivity index (χ1n) is 12.6. The monoisotopic (exact) mass is 520 g/mol. The van der Waals surface area contributed by atoms with Crippen LogP contribution in [-0.2, 0) is 6.54 Å². The molecule has 8 nitrogen and oxygen atoms in total. The summed E-state index contributed by atoms with van der Waals surface area (Å²) >= 11 is 0. The third kappa shape index (κ3) is 5.81. The fraction of sp³-hybridized carbons (Fsp3) is 0.367. The summed E-state index contributed by atoms with van der Waals surface area (Å²) in [6, 6.07) is 18.9. The highest BCUT2D eigenvalue weighted by atomic mass is 16.5. The van der Waals surface area contributed by atoms with E-state index in [1.54, 1.807) is 35.5 Å². The molecule has 38 heavy (non-hydrogen) atoms. The first-order valence-corrected chi connectivity index (χ1v) is 12.6. The highest BCUT2D eigenvalue weighted by molar-refractivity contribution is 6.06. The molecule has 1 amide bonds. The lowest BCUT2D eigenvalue weighted by Crippen LogP contribution is -2.47. The third-order valence-electron chi connectivity index (χ3n) is 6.99. The molecule has 202 valence electrons. The predicted octanol–water partition coefficient (Wildman–Crippen LogP) is 5.04.